The molecule has 22 heavy (non-hydrogen) atoms. The van der Waals surface area contributed by atoms with E-state index in [1.165, 1.54) is 0 Å². The van der Waals surface area contributed by atoms with Crippen LogP contribution in [0.1, 0.15) is 40.5 Å². The van der Waals surface area contributed by atoms with Crippen molar-refractivity contribution in [3.63, 3.8) is 0 Å². The summed E-state index contributed by atoms with van der Waals surface area (Å²) >= 11 is 0. The zero-order valence-electron chi connectivity index (χ0n) is 13.7. The molecule has 3 atom stereocenters. The third-order valence-corrected chi connectivity index (χ3v) is 4.36. The minimum Gasteiger partial charge on any atom is -0.584 e. The average molecular weight is 330 g/mol. The highest BCUT2D eigenvalue weighted by molar-refractivity contribution is 7.33. The average Bonchev–Trinajstić information content (AvgIpc) is 2.91. The van der Waals surface area contributed by atoms with E-state index in [1.807, 2.05) is 19.1 Å². The van der Waals surface area contributed by atoms with Crippen molar-refractivity contribution in [1.29, 1.82) is 0 Å². The van der Waals surface area contributed by atoms with Crippen LogP contribution in [-0.2, 0) is 18.8 Å². The lowest BCUT2D eigenvalue weighted by atomic mass is 10.1. The Hall–Kier alpha value is -0.940. The van der Waals surface area contributed by atoms with Gasteiger partial charge in [-0.05, 0) is 12.8 Å². The van der Waals surface area contributed by atoms with Gasteiger partial charge in [-0.3, -0.25) is 0 Å². The van der Waals surface area contributed by atoms with Crippen LogP contribution in [0, 0.1) is 12.0 Å². The number of hydrogen-bond acceptors (Lipinski definition) is 6. The van der Waals surface area contributed by atoms with Crippen molar-refractivity contribution < 1.29 is 23.7 Å². The molecule has 0 aliphatic carbocycles. The molecule has 0 spiro atoms. The predicted octanol–water partition coefficient (Wildman–Crippen LogP) is 2.73. The summed E-state index contributed by atoms with van der Waals surface area (Å²) in [5.41, 5.74) is 0. The summed E-state index contributed by atoms with van der Waals surface area (Å²) in [7, 11) is -2.27. The van der Waals surface area contributed by atoms with Gasteiger partial charge >= 0.3 is 14.1 Å². The first-order chi connectivity index (χ1) is 10.5. The quantitative estimate of drug-likeness (QED) is 0.369. The lowest BCUT2D eigenvalue weighted by Crippen LogP contribution is -2.22. The highest BCUT2D eigenvalue weighted by Crippen LogP contribution is 2.23. The molecule has 1 aliphatic heterocycles. The standard InChI is InChI=1S/C15H25NO5P/c1-5-13(6-2)9-19-15(17)12(4)16-22(18)20-10-14-8-7-11(3)21-14/h7-8,12-14H,5-6,9-10H2,1-4H3/q-1/t12-,14-/m0/s1. The Morgan fingerprint density at radius 2 is 2.18 bits per heavy atom. The van der Waals surface area contributed by atoms with Crippen LogP contribution in [0.2, 0.25) is 0 Å². The SMILES string of the molecule is CCC(CC)COC(=O)[C@H](C)N=[P+]([O-])OC[C@@H]1C=C[C-](C)O1. The normalized spacial score (nSPS) is 19.8. The number of nitrogens with zero attached hydrogens (tertiary/aromatic N) is 1. The van der Waals surface area contributed by atoms with Crippen molar-refractivity contribution in [3.8, 4) is 0 Å². The van der Waals surface area contributed by atoms with Crippen molar-refractivity contribution in [1.82, 2.24) is 0 Å². The second-order valence-corrected chi connectivity index (χ2v) is 6.23. The lowest BCUT2D eigenvalue weighted by Gasteiger charge is -2.16. The Morgan fingerprint density at radius 3 is 2.73 bits per heavy atom. The first kappa shape index (κ1) is 19.1. The third kappa shape index (κ3) is 6.88. The maximum Gasteiger partial charge on any atom is 0.342 e. The molecule has 6 nitrogen and oxygen atoms in total. The molecule has 0 saturated carbocycles. The highest BCUT2D eigenvalue weighted by atomic mass is 31.1. The molecule has 1 aliphatic rings. The van der Waals surface area contributed by atoms with Gasteiger partial charge in [-0.2, -0.15) is 10.6 Å². The van der Waals surface area contributed by atoms with Gasteiger partial charge in [-0.1, -0.05) is 38.4 Å². The van der Waals surface area contributed by atoms with E-state index >= 15 is 0 Å². The van der Waals surface area contributed by atoms with Gasteiger partial charge in [0, 0.05) is 6.10 Å². The predicted molar refractivity (Wildman–Crippen MR) is 82.7 cm³/mol. The van der Waals surface area contributed by atoms with Gasteiger partial charge in [-0.25, -0.2) is 10.9 Å². The number of ether oxygens (including phenoxy) is 2. The number of rotatable bonds is 9. The zero-order chi connectivity index (χ0) is 16.5. The van der Waals surface area contributed by atoms with E-state index in [1.54, 1.807) is 6.92 Å². The fraction of sp³-hybridized carbons (Fsp3) is 0.733. The van der Waals surface area contributed by atoms with E-state index in [9.17, 15) is 9.69 Å². The molecule has 0 N–H and O–H groups in total. The number of esters is 1. The molecule has 0 saturated heterocycles. The monoisotopic (exact) mass is 330 g/mol. The molecule has 0 aromatic rings. The number of hydrogen-bond donors (Lipinski definition) is 0. The van der Waals surface area contributed by atoms with Crippen LogP contribution >= 0.6 is 8.17 Å². The Kier molecular flexibility index (Phi) is 8.64. The van der Waals surface area contributed by atoms with Crippen molar-refractivity contribution in [3.05, 3.63) is 18.3 Å². The minimum atomic E-state index is -2.27. The molecule has 0 aromatic heterocycles. The molecule has 0 aromatic carbocycles. The lowest BCUT2D eigenvalue weighted by molar-refractivity contribution is -0.177. The van der Waals surface area contributed by atoms with Crippen LogP contribution in [0.25, 0.3) is 0 Å². The van der Waals surface area contributed by atoms with E-state index < -0.39 is 20.2 Å². The van der Waals surface area contributed by atoms with E-state index in [0.29, 0.717) is 12.5 Å². The van der Waals surface area contributed by atoms with Crippen LogP contribution in [0.5, 0.6) is 0 Å². The zero-order valence-corrected chi connectivity index (χ0v) is 14.5. The first-order valence-electron chi connectivity index (χ1n) is 7.62. The number of carbonyl (C=O) groups excluding carboxylic acids is 1. The van der Waals surface area contributed by atoms with Gasteiger partial charge in [0.25, 0.3) is 0 Å². The molecular weight excluding hydrogens is 305 g/mol. The summed E-state index contributed by atoms with van der Waals surface area (Å²) in [6.07, 6.45) is 6.11. The van der Waals surface area contributed by atoms with Crippen LogP contribution in [-0.4, -0.2) is 31.3 Å². The Morgan fingerprint density at radius 1 is 1.50 bits per heavy atom. The summed E-state index contributed by atoms with van der Waals surface area (Å²) in [5.74, 6) is -0.119. The summed E-state index contributed by atoms with van der Waals surface area (Å²) in [6.45, 7) is 8.01. The molecule has 0 radical (unpaired) electrons. The first-order valence-corrected chi connectivity index (χ1v) is 8.75. The van der Waals surface area contributed by atoms with E-state index in [2.05, 4.69) is 18.6 Å². The summed E-state index contributed by atoms with van der Waals surface area (Å²) in [5, 5.41) is 0. The van der Waals surface area contributed by atoms with E-state index in [-0.39, 0.29) is 12.7 Å². The smallest absolute Gasteiger partial charge is 0.342 e. The Balaban J connectivity index is 2.32. The summed E-state index contributed by atoms with van der Waals surface area (Å²) in [6, 6.07) is -0.800. The molecule has 0 amide bonds. The molecule has 0 bridgehead atoms. The molecule has 1 heterocycles. The van der Waals surface area contributed by atoms with Crippen molar-refractivity contribution >= 4 is 14.1 Å². The van der Waals surface area contributed by atoms with Crippen molar-refractivity contribution in [2.75, 3.05) is 13.2 Å². The van der Waals surface area contributed by atoms with Crippen LogP contribution in [0.4, 0.5) is 0 Å². The van der Waals surface area contributed by atoms with Gasteiger partial charge < -0.3 is 14.4 Å². The molecule has 1 rings (SSSR count). The fourth-order valence-corrected chi connectivity index (χ4v) is 2.57. The van der Waals surface area contributed by atoms with Crippen LogP contribution < -0.4 is 4.89 Å². The second kappa shape index (κ2) is 9.95. The van der Waals surface area contributed by atoms with Gasteiger partial charge in [0.1, 0.15) is 6.61 Å². The van der Waals surface area contributed by atoms with Crippen LogP contribution in [0.15, 0.2) is 16.9 Å². The Labute approximate surface area is 133 Å². The molecule has 1 unspecified atom stereocenters. The number of carbonyl (C=O) groups is 1. The van der Waals surface area contributed by atoms with E-state index in [4.69, 9.17) is 14.0 Å². The third-order valence-electron chi connectivity index (χ3n) is 3.46. The maximum absolute atomic E-state index is 11.8. The van der Waals surface area contributed by atoms with Gasteiger partial charge in [0.2, 0.25) is 0 Å². The van der Waals surface area contributed by atoms with Crippen molar-refractivity contribution in [2.24, 2.45) is 10.7 Å². The maximum atomic E-state index is 11.8. The largest absolute Gasteiger partial charge is 0.584 e. The fourth-order valence-electron chi connectivity index (χ4n) is 1.85. The molecular formula is C15H25NO5P-. The Bertz CT molecular complexity index is 409. The van der Waals surface area contributed by atoms with Crippen LogP contribution in [0.3, 0.4) is 0 Å². The van der Waals surface area contributed by atoms with Gasteiger partial charge in [-0.15, -0.1) is 6.10 Å². The molecule has 126 valence electrons. The summed E-state index contributed by atoms with van der Waals surface area (Å²) < 4.78 is 19.5. The van der Waals surface area contributed by atoms with E-state index in [0.717, 1.165) is 18.9 Å². The van der Waals surface area contributed by atoms with Gasteiger partial charge in [0.15, 0.2) is 6.04 Å². The molecule has 7 heteroatoms. The highest BCUT2D eigenvalue weighted by Gasteiger charge is 2.20. The van der Waals surface area contributed by atoms with Gasteiger partial charge in [0.05, 0.1) is 6.61 Å². The summed E-state index contributed by atoms with van der Waals surface area (Å²) in [4.78, 5) is 23.5. The van der Waals surface area contributed by atoms with Crippen molar-refractivity contribution in [2.45, 2.75) is 52.7 Å². The molecule has 0 fully saturated rings. The second-order valence-electron chi connectivity index (χ2n) is 5.26. The topological polar surface area (TPSA) is 80.2 Å². The minimum absolute atomic E-state index is 0.141.